The lowest BCUT2D eigenvalue weighted by Crippen LogP contribution is -2.48. The Balaban J connectivity index is 3.00. The molecule has 24 heavy (non-hydrogen) atoms. The molecular weight excluding hydrogens is 296 g/mol. The van der Waals surface area contributed by atoms with E-state index in [0.717, 1.165) is 19.3 Å². The van der Waals surface area contributed by atoms with Gasteiger partial charge in [-0.15, -0.1) is 0 Å². The van der Waals surface area contributed by atoms with E-state index >= 15 is 0 Å². The standard InChI is InChI=1S/C22H44O2/c1-11-22(10,12-2)19(23)24-18-13-15(3)16(20(4,5)6)14-17(18)21(7,8)9/h15-19,23H,11-14H2,1-10H3. The molecule has 1 N–H and O–H groups in total. The van der Waals surface area contributed by atoms with E-state index in [1.165, 1.54) is 6.42 Å². The minimum Gasteiger partial charge on any atom is -0.367 e. The van der Waals surface area contributed by atoms with Crippen LogP contribution in [-0.4, -0.2) is 17.5 Å². The van der Waals surface area contributed by atoms with E-state index in [-0.39, 0.29) is 16.9 Å². The van der Waals surface area contributed by atoms with Gasteiger partial charge in [0, 0.05) is 5.41 Å². The molecule has 1 aliphatic carbocycles. The number of hydrogen-bond donors (Lipinski definition) is 1. The predicted octanol–water partition coefficient (Wildman–Crippen LogP) is 6.27. The number of hydrogen-bond acceptors (Lipinski definition) is 2. The maximum absolute atomic E-state index is 10.8. The molecule has 5 atom stereocenters. The molecule has 0 aromatic carbocycles. The highest BCUT2D eigenvalue weighted by Gasteiger charge is 2.46. The Morgan fingerprint density at radius 2 is 1.33 bits per heavy atom. The summed E-state index contributed by atoms with van der Waals surface area (Å²) in [7, 11) is 0. The molecule has 0 radical (unpaired) electrons. The highest BCUT2D eigenvalue weighted by Crippen LogP contribution is 2.50. The summed E-state index contributed by atoms with van der Waals surface area (Å²) in [4.78, 5) is 0. The Kier molecular flexibility index (Phi) is 7.01. The lowest BCUT2D eigenvalue weighted by atomic mass is 9.58. The highest BCUT2D eigenvalue weighted by molar-refractivity contribution is 4.94. The van der Waals surface area contributed by atoms with Gasteiger partial charge in [0.25, 0.3) is 0 Å². The molecule has 0 aromatic heterocycles. The zero-order chi connectivity index (χ0) is 18.9. The molecule has 0 amide bonds. The van der Waals surface area contributed by atoms with E-state index in [9.17, 15) is 5.11 Å². The third kappa shape index (κ3) is 4.97. The second-order valence-corrected chi connectivity index (χ2v) is 10.8. The highest BCUT2D eigenvalue weighted by atomic mass is 16.6. The molecule has 144 valence electrons. The molecule has 1 rings (SSSR count). The van der Waals surface area contributed by atoms with Gasteiger partial charge in [-0.1, -0.05) is 69.2 Å². The van der Waals surface area contributed by atoms with Gasteiger partial charge in [0.1, 0.15) is 0 Å². The van der Waals surface area contributed by atoms with Gasteiger partial charge in [-0.3, -0.25) is 0 Å². The zero-order valence-electron chi connectivity index (χ0n) is 18.1. The smallest absolute Gasteiger partial charge is 0.160 e. The van der Waals surface area contributed by atoms with Crippen LogP contribution in [0.4, 0.5) is 0 Å². The first-order valence-corrected chi connectivity index (χ1v) is 10.1. The predicted molar refractivity (Wildman–Crippen MR) is 104 cm³/mol. The van der Waals surface area contributed by atoms with Crippen molar-refractivity contribution >= 4 is 0 Å². The summed E-state index contributed by atoms with van der Waals surface area (Å²) in [6.45, 7) is 22.9. The van der Waals surface area contributed by atoms with E-state index in [1.54, 1.807) is 0 Å². The van der Waals surface area contributed by atoms with Gasteiger partial charge in [-0.25, -0.2) is 0 Å². The molecule has 5 unspecified atom stereocenters. The van der Waals surface area contributed by atoms with Crippen molar-refractivity contribution < 1.29 is 9.84 Å². The summed E-state index contributed by atoms with van der Waals surface area (Å²) in [6.07, 6.45) is 3.63. The summed E-state index contributed by atoms with van der Waals surface area (Å²) in [5.41, 5.74) is 0.378. The Morgan fingerprint density at radius 1 is 0.875 bits per heavy atom. The topological polar surface area (TPSA) is 29.5 Å². The normalized spacial score (nSPS) is 31.1. The monoisotopic (exact) mass is 340 g/mol. The third-order valence-electron chi connectivity index (χ3n) is 6.99. The average molecular weight is 341 g/mol. The van der Waals surface area contributed by atoms with Crippen LogP contribution in [0, 0.1) is 34.0 Å². The van der Waals surface area contributed by atoms with Crippen molar-refractivity contribution in [2.24, 2.45) is 34.0 Å². The van der Waals surface area contributed by atoms with Crippen molar-refractivity contribution in [1.29, 1.82) is 0 Å². The second kappa shape index (κ2) is 7.66. The van der Waals surface area contributed by atoms with Gasteiger partial charge in [-0.05, 0) is 54.3 Å². The Bertz CT molecular complexity index is 384. The van der Waals surface area contributed by atoms with Crippen LogP contribution in [0.1, 0.15) is 94.9 Å². The number of ether oxygens (including phenoxy) is 1. The Labute approximate surface area is 151 Å². The van der Waals surface area contributed by atoms with Crippen LogP contribution in [0.15, 0.2) is 0 Å². The van der Waals surface area contributed by atoms with Crippen LogP contribution >= 0.6 is 0 Å². The van der Waals surface area contributed by atoms with Crippen LogP contribution in [0.5, 0.6) is 0 Å². The molecule has 0 aromatic rings. The third-order valence-corrected chi connectivity index (χ3v) is 6.99. The van der Waals surface area contributed by atoms with E-state index < -0.39 is 6.29 Å². The lowest BCUT2D eigenvalue weighted by Gasteiger charge is -2.51. The molecule has 0 saturated heterocycles. The molecule has 1 aliphatic rings. The van der Waals surface area contributed by atoms with Crippen LogP contribution in [0.3, 0.4) is 0 Å². The fourth-order valence-electron chi connectivity index (χ4n) is 4.55. The number of aliphatic hydroxyl groups is 1. The van der Waals surface area contributed by atoms with E-state index in [2.05, 4.69) is 69.2 Å². The van der Waals surface area contributed by atoms with Crippen molar-refractivity contribution in [3.05, 3.63) is 0 Å². The first kappa shape index (κ1) is 22.0. The molecule has 0 bridgehead atoms. The van der Waals surface area contributed by atoms with Gasteiger partial charge in [0.2, 0.25) is 0 Å². The molecule has 2 nitrogen and oxygen atoms in total. The molecule has 0 spiro atoms. The van der Waals surface area contributed by atoms with Crippen molar-refractivity contribution in [2.75, 3.05) is 0 Å². The van der Waals surface area contributed by atoms with E-state index in [0.29, 0.717) is 23.2 Å². The first-order valence-electron chi connectivity index (χ1n) is 10.1. The van der Waals surface area contributed by atoms with Crippen molar-refractivity contribution in [1.82, 2.24) is 0 Å². The summed E-state index contributed by atoms with van der Waals surface area (Å²) in [5, 5.41) is 10.8. The van der Waals surface area contributed by atoms with Gasteiger partial charge >= 0.3 is 0 Å². The van der Waals surface area contributed by atoms with Gasteiger partial charge in [0.05, 0.1) is 6.10 Å². The van der Waals surface area contributed by atoms with Gasteiger partial charge in [0.15, 0.2) is 6.29 Å². The number of aliphatic hydroxyl groups excluding tert-OH is 1. The van der Waals surface area contributed by atoms with Crippen molar-refractivity contribution in [3.63, 3.8) is 0 Å². The lowest BCUT2D eigenvalue weighted by molar-refractivity contribution is -0.231. The van der Waals surface area contributed by atoms with Crippen molar-refractivity contribution in [3.8, 4) is 0 Å². The van der Waals surface area contributed by atoms with Crippen molar-refractivity contribution in [2.45, 2.75) is 107 Å². The Hall–Kier alpha value is -0.0800. The maximum Gasteiger partial charge on any atom is 0.160 e. The second-order valence-electron chi connectivity index (χ2n) is 10.8. The molecular formula is C22H44O2. The molecule has 1 saturated carbocycles. The van der Waals surface area contributed by atoms with Crippen LogP contribution in [0.2, 0.25) is 0 Å². The van der Waals surface area contributed by atoms with Crippen LogP contribution in [0.25, 0.3) is 0 Å². The van der Waals surface area contributed by atoms with Crippen LogP contribution in [-0.2, 0) is 4.74 Å². The fourth-order valence-corrected chi connectivity index (χ4v) is 4.55. The SMILES string of the molecule is CCC(C)(CC)C(O)OC1CC(C)C(C(C)(C)C)CC1C(C)(C)C. The summed E-state index contributed by atoms with van der Waals surface area (Å²) in [5.74, 6) is 1.84. The molecule has 2 heteroatoms. The number of rotatable bonds is 5. The quantitative estimate of drug-likeness (QED) is 0.598. The minimum atomic E-state index is -0.666. The van der Waals surface area contributed by atoms with Crippen LogP contribution < -0.4 is 0 Å². The largest absolute Gasteiger partial charge is 0.367 e. The minimum absolute atomic E-state index is 0.146. The average Bonchev–Trinajstić information content (AvgIpc) is 2.43. The summed E-state index contributed by atoms with van der Waals surface area (Å²) < 4.78 is 6.36. The van der Waals surface area contributed by atoms with Gasteiger partial charge < -0.3 is 9.84 Å². The summed E-state index contributed by atoms with van der Waals surface area (Å²) >= 11 is 0. The molecule has 0 heterocycles. The Morgan fingerprint density at radius 3 is 1.71 bits per heavy atom. The van der Waals surface area contributed by atoms with E-state index in [4.69, 9.17) is 4.74 Å². The van der Waals surface area contributed by atoms with E-state index in [1.807, 2.05) is 0 Å². The first-order chi connectivity index (χ1) is 10.8. The van der Waals surface area contributed by atoms with Gasteiger partial charge in [-0.2, -0.15) is 0 Å². The fraction of sp³-hybridized carbons (Fsp3) is 1.00. The summed E-state index contributed by atoms with van der Waals surface area (Å²) in [6, 6.07) is 0. The molecule has 0 aliphatic heterocycles. The molecule has 1 fully saturated rings. The zero-order valence-corrected chi connectivity index (χ0v) is 18.1. The maximum atomic E-state index is 10.8.